The van der Waals surface area contributed by atoms with Crippen LogP contribution in [0.15, 0.2) is 30.3 Å². The third-order valence-electron chi connectivity index (χ3n) is 2.86. The minimum atomic E-state index is -0.149. The zero-order valence-electron chi connectivity index (χ0n) is 10.4. The average molecular weight is 220 g/mol. The molecular weight excluding hydrogens is 196 g/mol. The van der Waals surface area contributed by atoms with Gasteiger partial charge >= 0.3 is 0 Å². The van der Waals surface area contributed by atoms with Crippen LogP contribution in [-0.4, -0.2) is 12.1 Å². The fraction of sp³-hybridized carbons (Fsp3) is 0.571. The lowest BCUT2D eigenvalue weighted by Gasteiger charge is -2.31. The molecule has 0 amide bonds. The van der Waals surface area contributed by atoms with E-state index in [1.54, 1.807) is 0 Å². The number of hydrogen-bond acceptors (Lipinski definition) is 2. The first-order valence-electron chi connectivity index (χ1n) is 6.08. The van der Waals surface area contributed by atoms with E-state index < -0.39 is 0 Å². The predicted octanol–water partition coefficient (Wildman–Crippen LogP) is 2.32. The van der Waals surface area contributed by atoms with E-state index in [1.807, 2.05) is 6.07 Å². The highest BCUT2D eigenvalue weighted by Crippen LogP contribution is 2.22. The Bertz CT molecular complexity index is 295. The summed E-state index contributed by atoms with van der Waals surface area (Å²) >= 11 is 0. The number of nitrogens with two attached hydrogens (primary N) is 2. The van der Waals surface area contributed by atoms with Crippen LogP contribution in [0, 0.1) is 5.92 Å². The van der Waals surface area contributed by atoms with Gasteiger partial charge in [0.05, 0.1) is 0 Å². The summed E-state index contributed by atoms with van der Waals surface area (Å²) in [7, 11) is 0. The van der Waals surface area contributed by atoms with E-state index in [0.29, 0.717) is 12.5 Å². The Hall–Kier alpha value is -0.860. The molecule has 1 aromatic carbocycles. The second-order valence-corrected chi connectivity index (χ2v) is 5.16. The predicted molar refractivity (Wildman–Crippen MR) is 70.2 cm³/mol. The largest absolute Gasteiger partial charge is 0.330 e. The van der Waals surface area contributed by atoms with Crippen molar-refractivity contribution in [3.8, 4) is 0 Å². The maximum Gasteiger partial charge on any atom is 0.0209 e. The quantitative estimate of drug-likeness (QED) is 0.773. The molecule has 0 heterocycles. The molecule has 0 bridgehead atoms. The van der Waals surface area contributed by atoms with Crippen LogP contribution in [0.4, 0.5) is 0 Å². The van der Waals surface area contributed by atoms with Crippen LogP contribution < -0.4 is 11.5 Å². The fourth-order valence-corrected chi connectivity index (χ4v) is 2.37. The van der Waals surface area contributed by atoms with Gasteiger partial charge in [0.2, 0.25) is 0 Å². The second-order valence-electron chi connectivity index (χ2n) is 5.16. The summed E-state index contributed by atoms with van der Waals surface area (Å²) in [5.74, 6) is 0.611. The fourth-order valence-electron chi connectivity index (χ4n) is 2.37. The average Bonchev–Trinajstić information content (AvgIpc) is 2.17. The summed E-state index contributed by atoms with van der Waals surface area (Å²) in [5.41, 5.74) is 13.3. The lowest BCUT2D eigenvalue weighted by Crippen LogP contribution is -2.45. The Morgan fingerprint density at radius 2 is 1.81 bits per heavy atom. The van der Waals surface area contributed by atoms with Crippen LogP contribution in [-0.2, 0) is 6.42 Å². The Balaban J connectivity index is 2.70. The lowest BCUT2D eigenvalue weighted by molar-refractivity contribution is 0.320. The Morgan fingerprint density at radius 3 is 2.31 bits per heavy atom. The highest BCUT2D eigenvalue weighted by molar-refractivity contribution is 5.17. The molecule has 1 atom stereocenters. The van der Waals surface area contributed by atoms with E-state index >= 15 is 0 Å². The molecular formula is C14H24N2. The van der Waals surface area contributed by atoms with Crippen LogP contribution in [0.25, 0.3) is 0 Å². The van der Waals surface area contributed by atoms with Gasteiger partial charge in [0.25, 0.3) is 0 Å². The summed E-state index contributed by atoms with van der Waals surface area (Å²) in [6.07, 6.45) is 2.84. The number of rotatable bonds is 6. The molecule has 2 nitrogen and oxygen atoms in total. The van der Waals surface area contributed by atoms with Gasteiger partial charge in [-0.05, 0) is 37.3 Å². The maximum atomic E-state index is 6.46. The first kappa shape index (κ1) is 13.2. The smallest absolute Gasteiger partial charge is 0.0209 e. The van der Waals surface area contributed by atoms with Gasteiger partial charge in [0.15, 0.2) is 0 Å². The molecule has 0 spiro atoms. The van der Waals surface area contributed by atoms with Crippen molar-refractivity contribution < 1.29 is 0 Å². The zero-order chi connectivity index (χ0) is 12.0. The Morgan fingerprint density at radius 1 is 1.19 bits per heavy atom. The number of hydrogen-bond donors (Lipinski definition) is 2. The molecule has 0 saturated carbocycles. The summed E-state index contributed by atoms with van der Waals surface area (Å²) in [5, 5.41) is 0. The SMILES string of the molecule is CC(C)CC(N)(CCN)Cc1ccccc1. The molecule has 0 fully saturated rings. The Kier molecular flexibility index (Phi) is 4.97. The van der Waals surface area contributed by atoms with E-state index in [9.17, 15) is 0 Å². The van der Waals surface area contributed by atoms with Crippen molar-refractivity contribution in [1.29, 1.82) is 0 Å². The van der Waals surface area contributed by atoms with Crippen molar-refractivity contribution in [2.24, 2.45) is 17.4 Å². The minimum absolute atomic E-state index is 0.149. The molecule has 16 heavy (non-hydrogen) atoms. The van der Waals surface area contributed by atoms with Gasteiger partial charge in [-0.15, -0.1) is 0 Å². The first-order chi connectivity index (χ1) is 7.56. The van der Waals surface area contributed by atoms with Crippen molar-refractivity contribution in [2.75, 3.05) is 6.54 Å². The zero-order valence-corrected chi connectivity index (χ0v) is 10.4. The topological polar surface area (TPSA) is 52.0 Å². The lowest BCUT2D eigenvalue weighted by atomic mass is 9.81. The summed E-state index contributed by atoms with van der Waals surface area (Å²) in [4.78, 5) is 0. The third-order valence-corrected chi connectivity index (χ3v) is 2.86. The van der Waals surface area contributed by atoms with Gasteiger partial charge in [0, 0.05) is 5.54 Å². The van der Waals surface area contributed by atoms with E-state index in [2.05, 4.69) is 38.1 Å². The number of benzene rings is 1. The second kappa shape index (κ2) is 6.02. The summed E-state index contributed by atoms with van der Waals surface area (Å²) < 4.78 is 0. The van der Waals surface area contributed by atoms with E-state index in [0.717, 1.165) is 19.3 Å². The normalized spacial score (nSPS) is 15.1. The van der Waals surface area contributed by atoms with Crippen molar-refractivity contribution >= 4 is 0 Å². The van der Waals surface area contributed by atoms with Gasteiger partial charge in [-0.25, -0.2) is 0 Å². The summed E-state index contributed by atoms with van der Waals surface area (Å²) in [6.45, 7) is 5.09. The van der Waals surface area contributed by atoms with E-state index in [-0.39, 0.29) is 5.54 Å². The van der Waals surface area contributed by atoms with Crippen molar-refractivity contribution in [3.05, 3.63) is 35.9 Å². The van der Waals surface area contributed by atoms with Crippen LogP contribution in [0.2, 0.25) is 0 Å². The molecule has 1 unspecified atom stereocenters. The molecule has 0 aliphatic rings. The molecule has 0 aliphatic heterocycles. The maximum absolute atomic E-state index is 6.46. The molecule has 0 saturated heterocycles. The molecule has 0 radical (unpaired) electrons. The van der Waals surface area contributed by atoms with Gasteiger partial charge < -0.3 is 11.5 Å². The highest BCUT2D eigenvalue weighted by Gasteiger charge is 2.25. The highest BCUT2D eigenvalue weighted by atomic mass is 14.8. The van der Waals surface area contributed by atoms with Gasteiger partial charge in [-0.3, -0.25) is 0 Å². The van der Waals surface area contributed by atoms with Crippen LogP contribution >= 0.6 is 0 Å². The molecule has 4 N–H and O–H groups in total. The van der Waals surface area contributed by atoms with Crippen LogP contribution in [0.3, 0.4) is 0 Å². The molecule has 1 aromatic rings. The van der Waals surface area contributed by atoms with Crippen molar-refractivity contribution in [1.82, 2.24) is 0 Å². The minimum Gasteiger partial charge on any atom is -0.330 e. The standard InChI is InChI=1S/C14H24N2/c1-12(2)10-14(16,8-9-15)11-13-6-4-3-5-7-13/h3-7,12H,8-11,15-16H2,1-2H3. The Labute approximate surface area is 99.0 Å². The van der Waals surface area contributed by atoms with Crippen molar-refractivity contribution in [3.63, 3.8) is 0 Å². The van der Waals surface area contributed by atoms with Crippen LogP contribution in [0.5, 0.6) is 0 Å². The van der Waals surface area contributed by atoms with Crippen molar-refractivity contribution in [2.45, 2.75) is 38.6 Å². The van der Waals surface area contributed by atoms with Gasteiger partial charge in [0.1, 0.15) is 0 Å². The van der Waals surface area contributed by atoms with Gasteiger partial charge in [-0.2, -0.15) is 0 Å². The van der Waals surface area contributed by atoms with E-state index in [1.165, 1.54) is 5.56 Å². The van der Waals surface area contributed by atoms with Crippen LogP contribution in [0.1, 0.15) is 32.3 Å². The molecule has 90 valence electrons. The summed E-state index contributed by atoms with van der Waals surface area (Å²) in [6, 6.07) is 10.4. The molecule has 2 heteroatoms. The molecule has 0 aromatic heterocycles. The van der Waals surface area contributed by atoms with E-state index in [4.69, 9.17) is 11.5 Å². The monoisotopic (exact) mass is 220 g/mol. The third kappa shape index (κ3) is 4.33. The molecule has 1 rings (SSSR count). The molecule has 0 aliphatic carbocycles. The van der Waals surface area contributed by atoms with Gasteiger partial charge in [-0.1, -0.05) is 44.2 Å². The first-order valence-corrected chi connectivity index (χ1v) is 6.08.